The van der Waals surface area contributed by atoms with Crippen molar-refractivity contribution in [2.45, 2.75) is 57.3 Å². The summed E-state index contributed by atoms with van der Waals surface area (Å²) in [6.07, 6.45) is 3.91. The molecule has 18 heavy (non-hydrogen) atoms. The van der Waals surface area contributed by atoms with E-state index in [0.29, 0.717) is 0 Å². The number of rotatable bonds is 3. The first kappa shape index (κ1) is 13.6. The van der Waals surface area contributed by atoms with Crippen LogP contribution in [-0.2, 0) is 10.0 Å². The van der Waals surface area contributed by atoms with E-state index in [-0.39, 0.29) is 10.6 Å². The molecule has 0 saturated heterocycles. The van der Waals surface area contributed by atoms with E-state index in [1.807, 2.05) is 12.1 Å². The van der Waals surface area contributed by atoms with Crippen LogP contribution in [0.1, 0.15) is 39.3 Å². The molecule has 0 bridgehead atoms. The average Bonchev–Trinajstić information content (AvgIpc) is 2.96. The molecule has 0 unspecified atom stereocenters. The lowest BCUT2D eigenvalue weighted by atomic mass is 10.2. The molecule has 0 aromatic carbocycles. The zero-order valence-electron chi connectivity index (χ0n) is 12.1. The van der Waals surface area contributed by atoms with Crippen LogP contribution >= 0.6 is 0 Å². The highest BCUT2D eigenvalue weighted by atomic mass is 28.4. The molecule has 100 valence electrons. The van der Waals surface area contributed by atoms with E-state index in [1.165, 1.54) is 0 Å². The van der Waals surface area contributed by atoms with E-state index in [4.69, 9.17) is 10.2 Å². The van der Waals surface area contributed by atoms with Crippen molar-refractivity contribution in [3.8, 4) is 0 Å². The second-order valence-corrected chi connectivity index (χ2v) is 11.6. The molecule has 1 aliphatic rings. The Hall–Kier alpha value is -0.873. The van der Waals surface area contributed by atoms with E-state index in [0.717, 1.165) is 24.2 Å². The van der Waals surface area contributed by atoms with Crippen LogP contribution in [-0.4, -0.2) is 13.3 Å². The van der Waals surface area contributed by atoms with E-state index in [9.17, 15) is 0 Å². The Labute approximate surface area is 111 Å². The minimum atomic E-state index is -1.76. The molecule has 0 amide bonds. The first-order valence-electron chi connectivity index (χ1n) is 6.59. The van der Waals surface area contributed by atoms with Crippen molar-refractivity contribution < 1.29 is 4.43 Å². The van der Waals surface area contributed by atoms with Gasteiger partial charge in [-0.2, -0.15) is 0 Å². The Morgan fingerprint density at radius 1 is 1.33 bits per heavy atom. The molecular formula is C14H24N2OSi. The quantitative estimate of drug-likeness (QED) is 0.847. The van der Waals surface area contributed by atoms with Crippen molar-refractivity contribution in [3.63, 3.8) is 0 Å². The van der Waals surface area contributed by atoms with Crippen LogP contribution in [0.5, 0.6) is 0 Å². The summed E-state index contributed by atoms with van der Waals surface area (Å²) < 4.78 is 6.56. The highest BCUT2D eigenvalue weighted by Gasteiger charge is 2.53. The molecule has 1 aromatic rings. The molecule has 2 N–H and O–H groups in total. The topological polar surface area (TPSA) is 48.1 Å². The summed E-state index contributed by atoms with van der Waals surface area (Å²) in [4.78, 5) is 4.46. The van der Waals surface area contributed by atoms with Gasteiger partial charge in [-0.1, -0.05) is 20.8 Å². The molecule has 0 atom stereocenters. The zero-order chi connectivity index (χ0) is 13.6. The number of aromatic nitrogens is 1. The molecule has 1 aromatic heterocycles. The predicted octanol–water partition coefficient (Wildman–Crippen LogP) is 3.67. The van der Waals surface area contributed by atoms with E-state index in [2.05, 4.69) is 38.8 Å². The van der Waals surface area contributed by atoms with Gasteiger partial charge in [-0.15, -0.1) is 0 Å². The van der Waals surface area contributed by atoms with E-state index in [1.54, 1.807) is 6.20 Å². The van der Waals surface area contributed by atoms with Crippen molar-refractivity contribution in [2.24, 2.45) is 0 Å². The maximum Gasteiger partial charge on any atom is 0.193 e. The molecular weight excluding hydrogens is 240 g/mol. The Bertz CT molecular complexity index is 447. The van der Waals surface area contributed by atoms with Crippen LogP contribution < -0.4 is 5.73 Å². The summed E-state index contributed by atoms with van der Waals surface area (Å²) in [5.74, 6) is 0. The van der Waals surface area contributed by atoms with Crippen LogP contribution in [0.4, 0.5) is 5.69 Å². The maximum atomic E-state index is 6.56. The van der Waals surface area contributed by atoms with Crippen molar-refractivity contribution >= 4 is 14.0 Å². The molecule has 3 nitrogen and oxygen atoms in total. The molecule has 2 rings (SSSR count). The molecule has 4 heteroatoms. The Balaban J connectivity index is 2.24. The highest BCUT2D eigenvalue weighted by Crippen LogP contribution is 2.53. The molecule has 0 aliphatic heterocycles. The van der Waals surface area contributed by atoms with Crippen LogP contribution in [0, 0.1) is 0 Å². The molecule has 1 aliphatic carbocycles. The first-order chi connectivity index (χ1) is 8.16. The van der Waals surface area contributed by atoms with Gasteiger partial charge in [-0.25, -0.2) is 0 Å². The van der Waals surface area contributed by atoms with Crippen LogP contribution in [0.15, 0.2) is 18.3 Å². The van der Waals surface area contributed by atoms with Gasteiger partial charge in [0.2, 0.25) is 0 Å². The molecule has 0 radical (unpaired) electrons. The van der Waals surface area contributed by atoms with Gasteiger partial charge in [0.15, 0.2) is 8.32 Å². The predicted molar refractivity (Wildman–Crippen MR) is 77.8 cm³/mol. The largest absolute Gasteiger partial charge is 0.406 e. The number of hydrogen-bond acceptors (Lipinski definition) is 3. The fraction of sp³-hybridized carbons (Fsp3) is 0.643. The highest BCUT2D eigenvalue weighted by molar-refractivity contribution is 6.74. The Morgan fingerprint density at radius 3 is 2.39 bits per heavy atom. The monoisotopic (exact) mass is 264 g/mol. The zero-order valence-corrected chi connectivity index (χ0v) is 13.1. The Kier molecular flexibility index (Phi) is 3.06. The molecule has 1 fully saturated rings. The summed E-state index contributed by atoms with van der Waals surface area (Å²) in [5.41, 5.74) is 7.47. The summed E-state index contributed by atoms with van der Waals surface area (Å²) in [6, 6.07) is 3.78. The summed E-state index contributed by atoms with van der Waals surface area (Å²) >= 11 is 0. The molecule has 0 spiro atoms. The number of nitrogens with two attached hydrogens (primary N) is 1. The molecule has 1 saturated carbocycles. The van der Waals surface area contributed by atoms with Crippen molar-refractivity contribution in [1.82, 2.24) is 4.98 Å². The lowest BCUT2D eigenvalue weighted by Gasteiger charge is -2.39. The lowest BCUT2D eigenvalue weighted by Crippen LogP contribution is -2.44. The van der Waals surface area contributed by atoms with Crippen LogP contribution in [0.2, 0.25) is 18.1 Å². The van der Waals surface area contributed by atoms with Crippen molar-refractivity contribution in [2.75, 3.05) is 5.73 Å². The lowest BCUT2D eigenvalue weighted by molar-refractivity contribution is 0.154. The minimum absolute atomic E-state index is 0.154. The van der Waals surface area contributed by atoms with Crippen LogP contribution in [0.3, 0.4) is 0 Å². The third kappa shape index (κ3) is 2.45. The normalized spacial score (nSPS) is 18.7. The number of pyridine rings is 1. The number of hydrogen-bond donors (Lipinski definition) is 1. The van der Waals surface area contributed by atoms with Gasteiger partial charge in [0, 0.05) is 11.9 Å². The third-order valence-electron chi connectivity index (χ3n) is 4.21. The molecule has 1 heterocycles. The van der Waals surface area contributed by atoms with Gasteiger partial charge in [-0.05, 0) is 43.1 Å². The second-order valence-electron chi connectivity index (χ2n) is 6.83. The fourth-order valence-corrected chi connectivity index (χ4v) is 3.45. The fourth-order valence-electron chi connectivity index (χ4n) is 1.86. The second kappa shape index (κ2) is 4.07. The van der Waals surface area contributed by atoms with Gasteiger partial charge in [-0.3, -0.25) is 4.98 Å². The standard InChI is InChI=1S/C14H24N2OSi/c1-13(2,3)18(4,5)17-14(7-8-14)12-10-11(15)6-9-16-12/h6,9-10H,7-8H2,1-5H3,(H2,15,16). The minimum Gasteiger partial charge on any atom is -0.406 e. The maximum absolute atomic E-state index is 6.56. The summed E-state index contributed by atoms with van der Waals surface area (Å²) in [7, 11) is -1.76. The van der Waals surface area contributed by atoms with Gasteiger partial charge >= 0.3 is 0 Å². The van der Waals surface area contributed by atoms with E-state index >= 15 is 0 Å². The summed E-state index contributed by atoms with van der Waals surface area (Å²) in [5, 5.41) is 0.225. The van der Waals surface area contributed by atoms with Gasteiger partial charge in [0.1, 0.15) is 0 Å². The van der Waals surface area contributed by atoms with Gasteiger partial charge in [0.25, 0.3) is 0 Å². The SMILES string of the molecule is CC(C)(C)[Si](C)(C)OC1(c2cc(N)ccn2)CC1. The number of nitrogens with zero attached hydrogens (tertiary/aromatic N) is 1. The van der Waals surface area contributed by atoms with Crippen molar-refractivity contribution in [1.29, 1.82) is 0 Å². The number of anilines is 1. The summed E-state index contributed by atoms with van der Waals surface area (Å²) in [6.45, 7) is 11.4. The smallest absolute Gasteiger partial charge is 0.193 e. The Morgan fingerprint density at radius 2 is 1.94 bits per heavy atom. The number of nitrogen functional groups attached to an aromatic ring is 1. The van der Waals surface area contributed by atoms with E-state index < -0.39 is 8.32 Å². The van der Waals surface area contributed by atoms with Gasteiger partial charge < -0.3 is 10.2 Å². The van der Waals surface area contributed by atoms with Crippen LogP contribution in [0.25, 0.3) is 0 Å². The average molecular weight is 264 g/mol. The van der Waals surface area contributed by atoms with Crippen molar-refractivity contribution in [3.05, 3.63) is 24.0 Å². The third-order valence-corrected chi connectivity index (χ3v) is 8.73. The first-order valence-corrected chi connectivity index (χ1v) is 9.49. The van der Waals surface area contributed by atoms with Gasteiger partial charge in [0.05, 0.1) is 11.3 Å².